The fourth-order valence-corrected chi connectivity index (χ4v) is 2.84. The van der Waals surface area contributed by atoms with Gasteiger partial charge in [0.2, 0.25) is 0 Å². The molecule has 1 aliphatic heterocycles. The summed E-state index contributed by atoms with van der Waals surface area (Å²) in [6.07, 6.45) is 5.65. The molecule has 1 N–H and O–H groups in total. The molecule has 0 aromatic rings. The van der Waals surface area contributed by atoms with Crippen molar-refractivity contribution in [3.8, 4) is 6.07 Å². The van der Waals surface area contributed by atoms with E-state index >= 15 is 0 Å². The first kappa shape index (κ1) is 17.4. The van der Waals surface area contributed by atoms with E-state index in [0.29, 0.717) is 0 Å². The minimum atomic E-state index is -0.340. The molecule has 0 aromatic heterocycles. The Kier molecular flexibility index (Phi) is 7.50. The molecular formula is C16H32N4. The van der Waals surface area contributed by atoms with E-state index in [1.54, 1.807) is 0 Å². The summed E-state index contributed by atoms with van der Waals surface area (Å²) in [7, 11) is 4.35. The maximum atomic E-state index is 9.29. The molecule has 0 amide bonds. The fraction of sp³-hybridized carbons (Fsp3) is 0.938. The molecule has 2 atom stereocenters. The highest BCUT2D eigenvalue weighted by Gasteiger charge is 2.24. The molecule has 4 nitrogen and oxygen atoms in total. The monoisotopic (exact) mass is 280 g/mol. The molecule has 0 radical (unpaired) electrons. The Labute approximate surface area is 125 Å². The first-order chi connectivity index (χ1) is 9.50. The van der Waals surface area contributed by atoms with Crippen molar-refractivity contribution in [1.82, 2.24) is 15.1 Å². The van der Waals surface area contributed by atoms with Crippen LogP contribution >= 0.6 is 0 Å². The smallest absolute Gasteiger partial charge is 0.103 e. The van der Waals surface area contributed by atoms with Crippen molar-refractivity contribution < 1.29 is 0 Å². The number of nitriles is 1. The third-order valence-corrected chi connectivity index (χ3v) is 4.39. The molecule has 1 heterocycles. The van der Waals surface area contributed by atoms with Crippen molar-refractivity contribution in [2.45, 2.75) is 57.5 Å². The van der Waals surface area contributed by atoms with Crippen LogP contribution in [-0.2, 0) is 0 Å². The van der Waals surface area contributed by atoms with Gasteiger partial charge in [-0.05, 0) is 72.8 Å². The molecule has 1 saturated heterocycles. The summed E-state index contributed by atoms with van der Waals surface area (Å²) in [6.45, 7) is 8.71. The van der Waals surface area contributed by atoms with Gasteiger partial charge < -0.3 is 9.80 Å². The van der Waals surface area contributed by atoms with Gasteiger partial charge in [-0.25, -0.2) is 0 Å². The van der Waals surface area contributed by atoms with E-state index in [1.807, 2.05) is 6.92 Å². The van der Waals surface area contributed by atoms with Gasteiger partial charge in [0, 0.05) is 12.6 Å². The topological polar surface area (TPSA) is 42.3 Å². The lowest BCUT2D eigenvalue weighted by molar-refractivity contribution is 0.263. The number of nitrogens with zero attached hydrogens (tertiary/aromatic N) is 3. The van der Waals surface area contributed by atoms with E-state index in [2.05, 4.69) is 42.2 Å². The molecule has 1 aliphatic rings. The zero-order valence-electron chi connectivity index (χ0n) is 13.8. The second-order valence-electron chi connectivity index (χ2n) is 6.53. The van der Waals surface area contributed by atoms with Gasteiger partial charge >= 0.3 is 0 Å². The van der Waals surface area contributed by atoms with E-state index in [-0.39, 0.29) is 5.54 Å². The number of hydrogen-bond acceptors (Lipinski definition) is 4. The Balaban J connectivity index is 2.17. The zero-order chi connectivity index (χ0) is 15.0. The number of nitrogens with one attached hydrogen (secondary N) is 1. The van der Waals surface area contributed by atoms with Crippen LogP contribution < -0.4 is 5.32 Å². The van der Waals surface area contributed by atoms with Crippen LogP contribution in [0.1, 0.15) is 46.0 Å². The van der Waals surface area contributed by atoms with Gasteiger partial charge in [-0.2, -0.15) is 5.26 Å². The van der Waals surface area contributed by atoms with Gasteiger partial charge in [0.1, 0.15) is 5.54 Å². The van der Waals surface area contributed by atoms with E-state index in [4.69, 9.17) is 0 Å². The van der Waals surface area contributed by atoms with Gasteiger partial charge in [0.05, 0.1) is 6.07 Å². The molecule has 0 aromatic carbocycles. The lowest BCUT2D eigenvalue weighted by Gasteiger charge is -2.24. The number of rotatable bonds is 9. The van der Waals surface area contributed by atoms with Crippen molar-refractivity contribution in [2.75, 3.05) is 40.3 Å². The van der Waals surface area contributed by atoms with Crippen LogP contribution in [0.3, 0.4) is 0 Å². The van der Waals surface area contributed by atoms with Crippen LogP contribution in [0.2, 0.25) is 0 Å². The third-order valence-electron chi connectivity index (χ3n) is 4.39. The molecule has 0 bridgehead atoms. The highest BCUT2D eigenvalue weighted by molar-refractivity contribution is 5.03. The SMILES string of the molecule is CCCNC(C)(C#N)CCCCN1CCC(N(C)C)C1. The predicted molar refractivity (Wildman–Crippen MR) is 84.7 cm³/mol. The van der Waals surface area contributed by atoms with Gasteiger partial charge in [-0.15, -0.1) is 0 Å². The van der Waals surface area contributed by atoms with Gasteiger partial charge in [0.15, 0.2) is 0 Å². The first-order valence-corrected chi connectivity index (χ1v) is 8.06. The zero-order valence-corrected chi connectivity index (χ0v) is 13.8. The van der Waals surface area contributed by atoms with Crippen LogP contribution in [0.25, 0.3) is 0 Å². The summed E-state index contributed by atoms with van der Waals surface area (Å²) in [5.74, 6) is 0. The van der Waals surface area contributed by atoms with E-state index in [0.717, 1.165) is 31.8 Å². The Morgan fingerprint density at radius 1 is 1.40 bits per heavy atom. The quantitative estimate of drug-likeness (QED) is 0.657. The van der Waals surface area contributed by atoms with Crippen molar-refractivity contribution in [1.29, 1.82) is 5.26 Å². The molecule has 116 valence electrons. The largest absolute Gasteiger partial charge is 0.305 e. The van der Waals surface area contributed by atoms with Crippen LogP contribution in [-0.4, -0.2) is 61.7 Å². The number of hydrogen-bond donors (Lipinski definition) is 1. The molecule has 2 unspecified atom stereocenters. The Hall–Kier alpha value is -0.630. The third kappa shape index (κ3) is 5.78. The molecule has 1 rings (SSSR count). The van der Waals surface area contributed by atoms with Crippen molar-refractivity contribution in [3.63, 3.8) is 0 Å². The summed E-state index contributed by atoms with van der Waals surface area (Å²) >= 11 is 0. The average molecular weight is 280 g/mol. The maximum Gasteiger partial charge on any atom is 0.103 e. The Morgan fingerprint density at radius 3 is 2.70 bits per heavy atom. The Bertz CT molecular complexity index is 310. The number of unbranched alkanes of at least 4 members (excludes halogenated alkanes) is 1. The standard InChI is InChI=1S/C16H32N4/c1-5-10-18-16(2,14-17)9-6-7-11-20-12-8-15(13-20)19(3)4/h15,18H,5-13H2,1-4H3. The van der Waals surface area contributed by atoms with Gasteiger partial charge in [-0.3, -0.25) is 5.32 Å². The second-order valence-corrected chi connectivity index (χ2v) is 6.53. The summed E-state index contributed by atoms with van der Waals surface area (Å²) in [5, 5.41) is 12.7. The summed E-state index contributed by atoms with van der Waals surface area (Å²) < 4.78 is 0. The molecular weight excluding hydrogens is 248 g/mol. The van der Waals surface area contributed by atoms with E-state index in [9.17, 15) is 5.26 Å². The first-order valence-electron chi connectivity index (χ1n) is 8.06. The minimum Gasteiger partial charge on any atom is -0.305 e. The summed E-state index contributed by atoms with van der Waals surface area (Å²) in [4.78, 5) is 4.90. The molecule has 1 fully saturated rings. The molecule has 0 spiro atoms. The van der Waals surface area contributed by atoms with Crippen LogP contribution in [0.15, 0.2) is 0 Å². The summed E-state index contributed by atoms with van der Waals surface area (Å²) in [6, 6.07) is 3.16. The molecule has 0 saturated carbocycles. The average Bonchev–Trinajstić information content (AvgIpc) is 2.90. The summed E-state index contributed by atoms with van der Waals surface area (Å²) in [5.41, 5.74) is -0.340. The van der Waals surface area contributed by atoms with Crippen molar-refractivity contribution >= 4 is 0 Å². The molecule has 0 aliphatic carbocycles. The molecule has 20 heavy (non-hydrogen) atoms. The lowest BCUT2D eigenvalue weighted by atomic mass is 9.96. The van der Waals surface area contributed by atoms with Crippen LogP contribution in [0.5, 0.6) is 0 Å². The van der Waals surface area contributed by atoms with Crippen LogP contribution in [0.4, 0.5) is 0 Å². The van der Waals surface area contributed by atoms with Crippen molar-refractivity contribution in [3.05, 3.63) is 0 Å². The second kappa shape index (κ2) is 8.61. The van der Waals surface area contributed by atoms with Gasteiger partial charge in [-0.1, -0.05) is 6.92 Å². The van der Waals surface area contributed by atoms with E-state index in [1.165, 1.54) is 32.5 Å². The lowest BCUT2D eigenvalue weighted by Crippen LogP contribution is -2.41. The predicted octanol–water partition coefficient (Wildman–Crippen LogP) is 2.07. The minimum absolute atomic E-state index is 0.340. The highest BCUT2D eigenvalue weighted by Crippen LogP contribution is 2.16. The van der Waals surface area contributed by atoms with Gasteiger partial charge in [0.25, 0.3) is 0 Å². The number of likely N-dealkylation sites (tertiary alicyclic amines) is 1. The highest BCUT2D eigenvalue weighted by atomic mass is 15.2. The number of likely N-dealkylation sites (N-methyl/N-ethyl adjacent to an activating group) is 1. The normalized spacial score (nSPS) is 22.9. The molecule has 4 heteroatoms. The van der Waals surface area contributed by atoms with Crippen LogP contribution in [0, 0.1) is 11.3 Å². The van der Waals surface area contributed by atoms with E-state index < -0.39 is 0 Å². The van der Waals surface area contributed by atoms with Crippen molar-refractivity contribution in [2.24, 2.45) is 0 Å². The fourth-order valence-electron chi connectivity index (χ4n) is 2.84. The Morgan fingerprint density at radius 2 is 2.15 bits per heavy atom. The maximum absolute atomic E-state index is 9.29.